The van der Waals surface area contributed by atoms with Crippen LogP contribution in [0.15, 0.2) is 53.6 Å². The fraction of sp³-hybridized carbons (Fsp3) is 0.269. The summed E-state index contributed by atoms with van der Waals surface area (Å²) in [6, 6.07) is 10.8. The zero-order valence-electron chi connectivity index (χ0n) is 18.2. The van der Waals surface area contributed by atoms with Crippen LogP contribution in [0.25, 0.3) is 16.9 Å². The Morgan fingerprint density at radius 1 is 1.06 bits per heavy atom. The number of carbonyl (C=O) groups is 3. The van der Waals surface area contributed by atoms with Crippen molar-refractivity contribution in [1.29, 1.82) is 0 Å². The van der Waals surface area contributed by atoms with Gasteiger partial charge in [0.05, 0.1) is 11.1 Å². The number of phenolic OH excluding ortho intramolecular Hbond substituents is 1. The monoisotopic (exact) mass is 460 g/mol. The molecule has 0 aliphatic heterocycles. The maximum atomic E-state index is 13.5. The third-order valence-corrected chi connectivity index (χ3v) is 7.36. The fourth-order valence-electron chi connectivity index (χ4n) is 5.60. The summed E-state index contributed by atoms with van der Waals surface area (Å²) in [4.78, 5) is 38.1. The minimum absolute atomic E-state index is 0.101. The van der Waals surface area contributed by atoms with Crippen molar-refractivity contribution >= 4 is 23.2 Å². The number of aromatic hydroxyl groups is 1. The van der Waals surface area contributed by atoms with Gasteiger partial charge in [-0.3, -0.25) is 14.4 Å². The molecule has 2 aromatic rings. The van der Waals surface area contributed by atoms with Crippen molar-refractivity contribution in [1.82, 2.24) is 0 Å². The molecule has 3 unspecified atom stereocenters. The van der Waals surface area contributed by atoms with E-state index in [2.05, 4.69) is 0 Å². The number of hydrogen-bond acceptors (Lipinski definition) is 7. The minimum Gasteiger partial charge on any atom is -0.507 e. The number of phenols is 1. The van der Waals surface area contributed by atoms with Gasteiger partial charge in [0.15, 0.2) is 5.60 Å². The second-order valence-corrected chi connectivity index (χ2v) is 9.13. The van der Waals surface area contributed by atoms with Gasteiger partial charge in [-0.1, -0.05) is 36.4 Å². The molecule has 3 aliphatic carbocycles. The number of aliphatic hydroxyl groups is 2. The molecule has 34 heavy (non-hydrogen) atoms. The smallest absolute Gasteiger partial charge is 0.252 e. The summed E-state index contributed by atoms with van der Waals surface area (Å²) < 4.78 is 0. The highest BCUT2D eigenvalue weighted by Gasteiger charge is 2.60. The third-order valence-electron chi connectivity index (χ3n) is 7.36. The number of primary amides is 1. The molecule has 0 spiro atoms. The van der Waals surface area contributed by atoms with E-state index in [0.29, 0.717) is 18.5 Å². The first-order valence-electron chi connectivity index (χ1n) is 11.1. The van der Waals surface area contributed by atoms with Gasteiger partial charge >= 0.3 is 0 Å². The SMILES string of the molecule is NCc1ccc(-c2ccc(O)c3c2CC2CC4CC=C(C(N)=O)C(=O)C4(O)C(=O)C2=C3O)cc1. The van der Waals surface area contributed by atoms with E-state index in [4.69, 9.17) is 11.5 Å². The summed E-state index contributed by atoms with van der Waals surface area (Å²) in [6.45, 7) is 0.403. The molecule has 3 aliphatic rings. The van der Waals surface area contributed by atoms with Gasteiger partial charge in [-0.2, -0.15) is 0 Å². The van der Waals surface area contributed by atoms with E-state index in [-0.39, 0.29) is 29.7 Å². The largest absolute Gasteiger partial charge is 0.507 e. The molecular weight excluding hydrogens is 436 g/mol. The Morgan fingerprint density at radius 2 is 1.76 bits per heavy atom. The number of nitrogens with two attached hydrogens (primary N) is 2. The molecule has 2 aromatic carbocycles. The molecule has 7 N–H and O–H groups in total. The first kappa shape index (κ1) is 22.1. The first-order valence-corrected chi connectivity index (χ1v) is 11.1. The van der Waals surface area contributed by atoms with E-state index in [1.54, 1.807) is 6.07 Å². The van der Waals surface area contributed by atoms with Crippen LogP contribution in [-0.4, -0.2) is 38.4 Å². The average Bonchev–Trinajstić information content (AvgIpc) is 2.81. The summed E-state index contributed by atoms with van der Waals surface area (Å²) in [6.07, 6.45) is 2.09. The highest BCUT2D eigenvalue weighted by atomic mass is 16.3. The van der Waals surface area contributed by atoms with Crippen LogP contribution < -0.4 is 11.5 Å². The lowest BCUT2D eigenvalue weighted by molar-refractivity contribution is -0.157. The van der Waals surface area contributed by atoms with Crippen molar-refractivity contribution in [2.24, 2.45) is 23.3 Å². The van der Waals surface area contributed by atoms with Crippen molar-refractivity contribution < 1.29 is 29.7 Å². The number of ketones is 2. The molecule has 1 amide bonds. The normalized spacial score (nSPS) is 25.9. The molecule has 8 heteroatoms. The number of amides is 1. The number of fused-ring (bicyclic) bond motifs is 3. The van der Waals surface area contributed by atoms with E-state index in [9.17, 15) is 29.7 Å². The van der Waals surface area contributed by atoms with Crippen LogP contribution in [0, 0.1) is 11.8 Å². The summed E-state index contributed by atoms with van der Waals surface area (Å²) in [5.74, 6) is -4.87. The van der Waals surface area contributed by atoms with Crippen LogP contribution >= 0.6 is 0 Å². The lowest BCUT2D eigenvalue weighted by atomic mass is 9.59. The number of allylic oxidation sites excluding steroid dienone is 1. The maximum absolute atomic E-state index is 13.5. The molecule has 5 rings (SSSR count). The number of hydrogen-bond donors (Lipinski definition) is 5. The highest BCUT2D eigenvalue weighted by molar-refractivity contribution is 6.32. The molecule has 3 atom stereocenters. The summed E-state index contributed by atoms with van der Waals surface area (Å²) in [5, 5.41) is 33.0. The van der Waals surface area contributed by atoms with E-state index < -0.39 is 46.2 Å². The first-order chi connectivity index (χ1) is 16.2. The molecule has 0 radical (unpaired) electrons. The molecule has 0 bridgehead atoms. The summed E-state index contributed by atoms with van der Waals surface area (Å²) in [5.41, 5.74) is 11.4. The van der Waals surface area contributed by atoms with Gasteiger partial charge in [-0.15, -0.1) is 0 Å². The standard InChI is InChI=1S/C26H24N2O6/c27-11-12-1-3-13(4-2-12)16-7-8-19(29)21-18(16)10-14-9-15-5-6-17(25(28)33)23(31)26(15,34)24(32)20(14)22(21)30/h1-4,6-8,14-15,29-30,34H,5,9-11,27H2,(H2,28,33). The average molecular weight is 460 g/mol. The fourth-order valence-corrected chi connectivity index (χ4v) is 5.60. The lowest BCUT2D eigenvalue weighted by Gasteiger charge is -2.45. The quantitative estimate of drug-likeness (QED) is 0.343. The second kappa shape index (κ2) is 7.65. The van der Waals surface area contributed by atoms with E-state index in [1.165, 1.54) is 12.1 Å². The summed E-state index contributed by atoms with van der Waals surface area (Å²) in [7, 11) is 0. The highest BCUT2D eigenvalue weighted by Crippen LogP contribution is 2.51. The Bertz CT molecular complexity index is 1320. The zero-order chi connectivity index (χ0) is 24.4. The van der Waals surface area contributed by atoms with Crippen molar-refractivity contribution in [3.63, 3.8) is 0 Å². The van der Waals surface area contributed by atoms with E-state index >= 15 is 0 Å². The minimum atomic E-state index is -2.47. The van der Waals surface area contributed by atoms with Crippen molar-refractivity contribution in [2.45, 2.75) is 31.4 Å². The molecule has 0 aromatic heterocycles. The molecule has 1 fully saturated rings. The maximum Gasteiger partial charge on any atom is 0.252 e. The number of carbonyl (C=O) groups excluding carboxylic acids is 3. The van der Waals surface area contributed by atoms with Gasteiger partial charge in [0.2, 0.25) is 11.6 Å². The number of benzene rings is 2. The van der Waals surface area contributed by atoms with Crippen LogP contribution in [0.4, 0.5) is 0 Å². The lowest BCUT2D eigenvalue weighted by Crippen LogP contribution is -2.60. The molecule has 0 heterocycles. The van der Waals surface area contributed by atoms with Gasteiger partial charge in [-0.25, -0.2) is 0 Å². The van der Waals surface area contributed by atoms with Crippen molar-refractivity contribution in [3.8, 4) is 16.9 Å². The van der Waals surface area contributed by atoms with Crippen LogP contribution in [0.3, 0.4) is 0 Å². The number of rotatable bonds is 3. The molecule has 174 valence electrons. The number of aliphatic hydroxyl groups excluding tert-OH is 1. The van der Waals surface area contributed by atoms with E-state index in [0.717, 1.165) is 16.7 Å². The Kier molecular flexibility index (Phi) is 4.96. The van der Waals surface area contributed by atoms with Crippen molar-refractivity contribution in [2.75, 3.05) is 0 Å². The Hall–Kier alpha value is -3.75. The van der Waals surface area contributed by atoms with Crippen LogP contribution in [0.5, 0.6) is 5.75 Å². The predicted molar refractivity (Wildman–Crippen MR) is 123 cm³/mol. The van der Waals surface area contributed by atoms with Gasteiger partial charge in [0, 0.05) is 18.0 Å². The zero-order valence-corrected chi connectivity index (χ0v) is 18.2. The van der Waals surface area contributed by atoms with Gasteiger partial charge < -0.3 is 26.8 Å². The van der Waals surface area contributed by atoms with Gasteiger partial charge in [0.25, 0.3) is 5.91 Å². The molecule has 0 saturated heterocycles. The topological polar surface area (TPSA) is 164 Å². The number of Topliss-reactive ketones (excluding diaryl/α,β-unsaturated/α-hetero) is 2. The van der Waals surface area contributed by atoms with Crippen molar-refractivity contribution in [3.05, 3.63) is 70.3 Å². The Labute approximate surface area is 195 Å². The summed E-state index contributed by atoms with van der Waals surface area (Å²) >= 11 is 0. The Balaban J connectivity index is 1.65. The predicted octanol–water partition coefficient (Wildman–Crippen LogP) is 1.66. The van der Waals surface area contributed by atoms with Crippen LogP contribution in [0.2, 0.25) is 0 Å². The van der Waals surface area contributed by atoms with Gasteiger partial charge in [-0.05, 0) is 53.5 Å². The molecular formula is C26H24N2O6. The van der Waals surface area contributed by atoms with Crippen LogP contribution in [-0.2, 0) is 27.3 Å². The second-order valence-electron chi connectivity index (χ2n) is 9.13. The molecule has 8 nitrogen and oxygen atoms in total. The van der Waals surface area contributed by atoms with E-state index in [1.807, 2.05) is 24.3 Å². The molecule has 1 saturated carbocycles. The third kappa shape index (κ3) is 2.96. The van der Waals surface area contributed by atoms with Crippen LogP contribution in [0.1, 0.15) is 29.5 Å². The van der Waals surface area contributed by atoms with Gasteiger partial charge in [0.1, 0.15) is 11.5 Å². The Morgan fingerprint density at radius 3 is 2.41 bits per heavy atom.